The van der Waals surface area contributed by atoms with Crippen molar-refractivity contribution in [3.8, 4) is 0 Å². The lowest BCUT2D eigenvalue weighted by Gasteiger charge is -2.12. The van der Waals surface area contributed by atoms with Crippen molar-refractivity contribution >= 4 is 7.37 Å². The van der Waals surface area contributed by atoms with Crippen LogP contribution in [0.2, 0.25) is 0 Å². The molecule has 5 N–H and O–H groups in total. The first kappa shape index (κ1) is 10.1. The Labute approximate surface area is 61.0 Å². The fraction of sp³-hybridized carbons (Fsp3) is 1.00. The Kier molecular flexibility index (Phi) is 4.13. The SMILES string of the molecule is CCP(=O)(O)CC(N)CN. The molecule has 0 amide bonds. The van der Waals surface area contributed by atoms with Gasteiger partial charge in [0.1, 0.15) is 0 Å². The van der Waals surface area contributed by atoms with Crippen molar-refractivity contribution in [3.05, 3.63) is 0 Å². The summed E-state index contributed by atoms with van der Waals surface area (Å²) in [6.07, 6.45) is 0.417. The lowest BCUT2D eigenvalue weighted by molar-refractivity contribution is 0.473. The smallest absolute Gasteiger partial charge is 0.201 e. The van der Waals surface area contributed by atoms with E-state index in [-0.39, 0.29) is 24.9 Å². The highest BCUT2D eigenvalue weighted by molar-refractivity contribution is 7.58. The average Bonchev–Trinajstić information content (AvgIpc) is 1.87. The molecule has 0 fully saturated rings. The minimum absolute atomic E-state index is 0.139. The van der Waals surface area contributed by atoms with Gasteiger partial charge in [0.25, 0.3) is 0 Å². The zero-order chi connectivity index (χ0) is 8.20. The summed E-state index contributed by atoms with van der Waals surface area (Å²) < 4.78 is 11.0. The van der Waals surface area contributed by atoms with Crippen molar-refractivity contribution in [2.45, 2.75) is 13.0 Å². The highest BCUT2D eigenvalue weighted by atomic mass is 31.2. The summed E-state index contributed by atoms with van der Waals surface area (Å²) in [7, 11) is -2.95. The van der Waals surface area contributed by atoms with Gasteiger partial charge in [-0.1, -0.05) is 6.92 Å². The average molecular weight is 166 g/mol. The molecule has 0 aromatic heterocycles. The Hall–Kier alpha value is 0.110. The van der Waals surface area contributed by atoms with Gasteiger partial charge < -0.3 is 16.4 Å². The van der Waals surface area contributed by atoms with Crippen LogP contribution < -0.4 is 11.5 Å². The number of rotatable bonds is 4. The van der Waals surface area contributed by atoms with E-state index in [0.717, 1.165) is 0 Å². The van der Waals surface area contributed by atoms with Crippen molar-refractivity contribution in [2.24, 2.45) is 11.5 Å². The molecular weight excluding hydrogens is 151 g/mol. The third-order valence-electron chi connectivity index (χ3n) is 1.32. The molecule has 0 aliphatic carbocycles. The molecule has 2 atom stereocenters. The maximum absolute atomic E-state index is 11.0. The third kappa shape index (κ3) is 4.01. The van der Waals surface area contributed by atoms with Gasteiger partial charge in [-0.25, -0.2) is 0 Å². The van der Waals surface area contributed by atoms with E-state index in [2.05, 4.69) is 0 Å². The van der Waals surface area contributed by atoms with Gasteiger partial charge in [-0.15, -0.1) is 0 Å². The first-order valence-electron chi connectivity index (χ1n) is 3.28. The largest absolute Gasteiger partial charge is 0.344 e. The van der Waals surface area contributed by atoms with E-state index in [1.165, 1.54) is 0 Å². The van der Waals surface area contributed by atoms with E-state index < -0.39 is 7.37 Å². The maximum atomic E-state index is 11.0. The van der Waals surface area contributed by atoms with Gasteiger partial charge in [0.15, 0.2) is 0 Å². The molecule has 0 aromatic rings. The minimum Gasteiger partial charge on any atom is -0.344 e. The number of hydrogen-bond acceptors (Lipinski definition) is 3. The van der Waals surface area contributed by atoms with Crippen LogP contribution in [-0.2, 0) is 4.57 Å². The quantitative estimate of drug-likeness (QED) is 0.494. The van der Waals surface area contributed by atoms with Crippen LogP contribution in [0.4, 0.5) is 0 Å². The van der Waals surface area contributed by atoms with Crippen LogP contribution in [0.25, 0.3) is 0 Å². The monoisotopic (exact) mass is 166 g/mol. The summed E-state index contributed by atoms with van der Waals surface area (Å²) in [4.78, 5) is 9.04. The second-order valence-corrected chi connectivity index (χ2v) is 5.03. The standard InChI is InChI=1S/C5H15N2O2P/c1-2-10(8,9)4-5(7)3-6/h5H,2-4,6-7H2,1H3,(H,8,9). The van der Waals surface area contributed by atoms with Gasteiger partial charge in [0.05, 0.1) is 0 Å². The predicted octanol–water partition coefficient (Wildman–Crippen LogP) is -0.437. The Bertz CT molecular complexity index is 140. The van der Waals surface area contributed by atoms with Gasteiger partial charge in [-0.05, 0) is 0 Å². The summed E-state index contributed by atoms with van der Waals surface area (Å²) >= 11 is 0. The molecular formula is C5H15N2O2P. The van der Waals surface area contributed by atoms with Crippen LogP contribution in [0.3, 0.4) is 0 Å². The zero-order valence-electron chi connectivity index (χ0n) is 6.16. The lowest BCUT2D eigenvalue weighted by atomic mass is 10.4. The fourth-order valence-corrected chi connectivity index (χ4v) is 1.71. The van der Waals surface area contributed by atoms with Gasteiger partial charge in [-0.3, -0.25) is 4.57 Å². The van der Waals surface area contributed by atoms with E-state index in [0.29, 0.717) is 0 Å². The van der Waals surface area contributed by atoms with Crippen molar-refractivity contribution in [1.29, 1.82) is 0 Å². The molecule has 0 bridgehead atoms. The van der Waals surface area contributed by atoms with E-state index in [1.807, 2.05) is 0 Å². The van der Waals surface area contributed by atoms with E-state index in [9.17, 15) is 4.57 Å². The molecule has 62 valence electrons. The highest BCUT2D eigenvalue weighted by Crippen LogP contribution is 2.39. The Morgan fingerprint density at radius 1 is 1.70 bits per heavy atom. The Morgan fingerprint density at radius 2 is 2.20 bits per heavy atom. The summed E-state index contributed by atoms with van der Waals surface area (Å²) in [5.41, 5.74) is 10.6. The summed E-state index contributed by atoms with van der Waals surface area (Å²) in [5.74, 6) is 0. The van der Waals surface area contributed by atoms with Gasteiger partial charge in [0, 0.05) is 24.9 Å². The molecule has 0 spiro atoms. The maximum Gasteiger partial charge on any atom is 0.201 e. The van der Waals surface area contributed by atoms with Crippen LogP contribution >= 0.6 is 7.37 Å². The molecule has 0 aromatic carbocycles. The van der Waals surface area contributed by atoms with Crippen LogP contribution in [0.1, 0.15) is 6.92 Å². The molecule has 0 saturated carbocycles. The van der Waals surface area contributed by atoms with Crippen LogP contribution in [-0.4, -0.2) is 29.8 Å². The van der Waals surface area contributed by atoms with Crippen molar-refractivity contribution in [2.75, 3.05) is 18.9 Å². The number of nitrogens with two attached hydrogens (primary N) is 2. The van der Waals surface area contributed by atoms with Gasteiger partial charge >= 0.3 is 0 Å². The topological polar surface area (TPSA) is 89.3 Å². The Balaban J connectivity index is 3.77. The second kappa shape index (κ2) is 4.09. The van der Waals surface area contributed by atoms with E-state index in [4.69, 9.17) is 16.4 Å². The lowest BCUT2D eigenvalue weighted by Crippen LogP contribution is -2.33. The molecule has 2 unspecified atom stereocenters. The van der Waals surface area contributed by atoms with Crippen molar-refractivity contribution < 1.29 is 9.46 Å². The first-order chi connectivity index (χ1) is 4.52. The normalized spacial score (nSPS) is 20.0. The van der Waals surface area contributed by atoms with Crippen LogP contribution in [0, 0.1) is 0 Å². The summed E-state index contributed by atoms with van der Waals surface area (Å²) in [5, 5.41) is 0. The molecule has 0 saturated heterocycles. The second-order valence-electron chi connectivity index (χ2n) is 2.34. The minimum atomic E-state index is -2.95. The van der Waals surface area contributed by atoms with Crippen LogP contribution in [0.5, 0.6) is 0 Å². The molecule has 5 heteroatoms. The third-order valence-corrected chi connectivity index (χ3v) is 3.34. The Morgan fingerprint density at radius 3 is 2.50 bits per heavy atom. The molecule has 0 radical (unpaired) electrons. The van der Waals surface area contributed by atoms with Crippen molar-refractivity contribution in [1.82, 2.24) is 0 Å². The van der Waals surface area contributed by atoms with Gasteiger partial charge in [0.2, 0.25) is 7.37 Å². The summed E-state index contributed by atoms with van der Waals surface area (Å²) in [6.45, 7) is 1.94. The highest BCUT2D eigenvalue weighted by Gasteiger charge is 2.18. The molecule has 10 heavy (non-hydrogen) atoms. The van der Waals surface area contributed by atoms with Crippen molar-refractivity contribution in [3.63, 3.8) is 0 Å². The van der Waals surface area contributed by atoms with Crippen LogP contribution in [0.15, 0.2) is 0 Å². The molecule has 0 heterocycles. The zero-order valence-corrected chi connectivity index (χ0v) is 7.05. The molecule has 0 rings (SSSR count). The molecule has 0 aliphatic heterocycles. The molecule has 0 aliphatic rings. The van der Waals surface area contributed by atoms with E-state index in [1.54, 1.807) is 6.92 Å². The summed E-state index contributed by atoms with van der Waals surface area (Å²) in [6, 6.07) is -0.337. The first-order valence-corrected chi connectivity index (χ1v) is 5.31. The fourth-order valence-electron chi connectivity index (χ4n) is 0.570. The molecule has 4 nitrogen and oxygen atoms in total. The number of hydrogen-bond donors (Lipinski definition) is 3. The van der Waals surface area contributed by atoms with Gasteiger partial charge in [-0.2, -0.15) is 0 Å². The van der Waals surface area contributed by atoms with E-state index >= 15 is 0 Å². The predicted molar refractivity (Wildman–Crippen MR) is 42.3 cm³/mol.